The van der Waals surface area contributed by atoms with Crippen LogP contribution in [0, 0.1) is 5.92 Å². The molecule has 156 valence electrons. The number of rotatable bonds is 4. The van der Waals surface area contributed by atoms with E-state index in [1.807, 2.05) is 35.1 Å². The monoisotopic (exact) mass is 406 g/mol. The van der Waals surface area contributed by atoms with Crippen molar-refractivity contribution < 1.29 is 14.1 Å². The minimum Gasteiger partial charge on any atom is -0.497 e. The van der Waals surface area contributed by atoms with Crippen molar-refractivity contribution in [1.29, 1.82) is 0 Å². The van der Waals surface area contributed by atoms with Gasteiger partial charge in [-0.3, -0.25) is 4.79 Å². The molecule has 1 N–H and O–H groups in total. The fourth-order valence-electron chi connectivity index (χ4n) is 4.64. The number of hydrogen-bond acceptors (Lipinski definition) is 5. The Morgan fingerprint density at radius 2 is 2.07 bits per heavy atom. The SMILES string of the molecule is COc1ccc(-n2ncc3c2CCC[C@H]3NC(=O)c2noc3c2C[C@H](C)CC3)cc1. The first kappa shape index (κ1) is 18.9. The molecule has 7 nitrogen and oxygen atoms in total. The minimum atomic E-state index is -0.149. The summed E-state index contributed by atoms with van der Waals surface area (Å²) >= 11 is 0. The third-order valence-corrected chi connectivity index (χ3v) is 6.31. The zero-order valence-corrected chi connectivity index (χ0v) is 17.4. The molecule has 0 fully saturated rings. The first-order valence-corrected chi connectivity index (χ1v) is 10.6. The van der Waals surface area contributed by atoms with Crippen LogP contribution in [0.4, 0.5) is 0 Å². The summed E-state index contributed by atoms with van der Waals surface area (Å²) in [5, 5.41) is 11.9. The van der Waals surface area contributed by atoms with Crippen LogP contribution in [0.25, 0.3) is 5.69 Å². The zero-order valence-electron chi connectivity index (χ0n) is 17.4. The third-order valence-electron chi connectivity index (χ3n) is 6.31. The summed E-state index contributed by atoms with van der Waals surface area (Å²) in [6.45, 7) is 2.21. The van der Waals surface area contributed by atoms with E-state index in [1.165, 1.54) is 0 Å². The van der Waals surface area contributed by atoms with Gasteiger partial charge in [-0.2, -0.15) is 5.10 Å². The van der Waals surface area contributed by atoms with Gasteiger partial charge < -0.3 is 14.6 Å². The number of nitrogens with one attached hydrogen (secondary N) is 1. The number of methoxy groups -OCH3 is 1. The molecule has 0 radical (unpaired) electrons. The van der Waals surface area contributed by atoms with Crippen molar-refractivity contribution in [2.24, 2.45) is 5.92 Å². The van der Waals surface area contributed by atoms with Crippen molar-refractivity contribution in [1.82, 2.24) is 20.3 Å². The Kier molecular flexibility index (Phi) is 4.81. The molecule has 1 aromatic carbocycles. The standard InChI is InChI=1S/C23H26N4O3/c1-14-6-11-21-17(12-14)22(26-30-21)23(28)25-19-4-3-5-20-18(19)13-24-27(20)15-7-9-16(29-2)10-8-15/h7-10,13-14,19H,3-6,11-12H2,1-2H3,(H,25,28)/t14-,19-/m1/s1. The quantitative estimate of drug-likeness (QED) is 0.713. The molecule has 0 unspecified atom stereocenters. The number of aryl methyl sites for hydroxylation is 1. The molecule has 2 atom stereocenters. The van der Waals surface area contributed by atoms with Gasteiger partial charge in [0.1, 0.15) is 11.5 Å². The molecule has 0 bridgehead atoms. The fourth-order valence-corrected chi connectivity index (χ4v) is 4.64. The predicted molar refractivity (Wildman–Crippen MR) is 111 cm³/mol. The fraction of sp³-hybridized carbons (Fsp3) is 0.435. The van der Waals surface area contributed by atoms with Gasteiger partial charge >= 0.3 is 0 Å². The Bertz CT molecular complexity index is 1070. The van der Waals surface area contributed by atoms with Crippen molar-refractivity contribution in [3.05, 3.63) is 58.7 Å². The molecule has 5 rings (SSSR count). The van der Waals surface area contributed by atoms with Gasteiger partial charge in [-0.1, -0.05) is 12.1 Å². The molecular formula is C23H26N4O3. The normalized spacial score (nSPS) is 20.3. The van der Waals surface area contributed by atoms with Crippen LogP contribution in [0.2, 0.25) is 0 Å². The van der Waals surface area contributed by atoms with Gasteiger partial charge in [0.05, 0.1) is 25.0 Å². The lowest BCUT2D eigenvalue weighted by Crippen LogP contribution is -2.32. The average molecular weight is 406 g/mol. The van der Waals surface area contributed by atoms with E-state index in [-0.39, 0.29) is 11.9 Å². The van der Waals surface area contributed by atoms with E-state index >= 15 is 0 Å². The molecule has 3 aromatic rings. The minimum absolute atomic E-state index is 0.0680. The molecular weight excluding hydrogens is 380 g/mol. The highest BCUT2D eigenvalue weighted by Crippen LogP contribution is 2.33. The molecule has 0 aliphatic heterocycles. The maximum Gasteiger partial charge on any atom is 0.274 e. The molecule has 30 heavy (non-hydrogen) atoms. The second-order valence-electron chi connectivity index (χ2n) is 8.36. The van der Waals surface area contributed by atoms with Gasteiger partial charge in [-0.25, -0.2) is 4.68 Å². The van der Waals surface area contributed by atoms with Crippen molar-refractivity contribution in [2.75, 3.05) is 7.11 Å². The summed E-state index contributed by atoms with van der Waals surface area (Å²) in [5.41, 5.74) is 4.65. The number of amides is 1. The maximum absolute atomic E-state index is 13.0. The number of fused-ring (bicyclic) bond motifs is 2. The highest BCUT2D eigenvalue weighted by atomic mass is 16.5. The number of nitrogens with zero attached hydrogens (tertiary/aromatic N) is 3. The smallest absolute Gasteiger partial charge is 0.274 e. The molecule has 1 amide bonds. The first-order chi connectivity index (χ1) is 14.6. The van der Waals surface area contributed by atoms with E-state index in [2.05, 4.69) is 22.5 Å². The predicted octanol–water partition coefficient (Wildman–Crippen LogP) is 3.80. The largest absolute Gasteiger partial charge is 0.497 e. The Morgan fingerprint density at radius 3 is 2.87 bits per heavy atom. The summed E-state index contributed by atoms with van der Waals surface area (Å²) in [5.74, 6) is 2.08. The van der Waals surface area contributed by atoms with Gasteiger partial charge in [0, 0.05) is 23.2 Å². The lowest BCUT2D eigenvalue weighted by atomic mass is 9.88. The summed E-state index contributed by atoms with van der Waals surface area (Å²) in [6, 6.07) is 7.79. The Balaban J connectivity index is 1.39. The third kappa shape index (κ3) is 3.28. The van der Waals surface area contributed by atoms with Crippen LogP contribution in [0.3, 0.4) is 0 Å². The number of carbonyl (C=O) groups excluding carboxylic acids is 1. The zero-order chi connectivity index (χ0) is 20.7. The summed E-state index contributed by atoms with van der Waals surface area (Å²) in [6.07, 6.45) is 7.50. The lowest BCUT2D eigenvalue weighted by molar-refractivity contribution is 0.0922. The Labute approximate surface area is 175 Å². The van der Waals surface area contributed by atoms with E-state index in [1.54, 1.807) is 7.11 Å². The van der Waals surface area contributed by atoms with Crippen molar-refractivity contribution >= 4 is 5.91 Å². The van der Waals surface area contributed by atoms with Gasteiger partial charge in [0.15, 0.2) is 5.69 Å². The topological polar surface area (TPSA) is 82.2 Å². The second-order valence-corrected chi connectivity index (χ2v) is 8.36. The van der Waals surface area contributed by atoms with Crippen LogP contribution in [-0.2, 0) is 19.3 Å². The second kappa shape index (κ2) is 7.63. The van der Waals surface area contributed by atoms with E-state index in [4.69, 9.17) is 9.26 Å². The summed E-state index contributed by atoms with van der Waals surface area (Å²) < 4.78 is 12.7. The van der Waals surface area contributed by atoms with Gasteiger partial charge in [-0.15, -0.1) is 0 Å². The summed E-state index contributed by atoms with van der Waals surface area (Å²) in [7, 11) is 1.66. The van der Waals surface area contributed by atoms with Gasteiger partial charge in [0.25, 0.3) is 5.91 Å². The maximum atomic E-state index is 13.0. The average Bonchev–Trinajstić information content (AvgIpc) is 3.38. The van der Waals surface area contributed by atoms with Crippen LogP contribution in [0.15, 0.2) is 35.0 Å². The van der Waals surface area contributed by atoms with E-state index < -0.39 is 0 Å². The van der Waals surface area contributed by atoms with E-state index in [0.29, 0.717) is 11.6 Å². The summed E-state index contributed by atoms with van der Waals surface area (Å²) in [4.78, 5) is 13.0. The van der Waals surface area contributed by atoms with Crippen LogP contribution in [-0.4, -0.2) is 28.0 Å². The van der Waals surface area contributed by atoms with Crippen molar-refractivity contribution in [3.63, 3.8) is 0 Å². The molecule has 0 saturated heterocycles. The molecule has 2 aromatic heterocycles. The van der Waals surface area contributed by atoms with Gasteiger partial charge in [0.2, 0.25) is 0 Å². The number of benzene rings is 1. The van der Waals surface area contributed by atoms with E-state index in [0.717, 1.165) is 72.5 Å². The van der Waals surface area contributed by atoms with E-state index in [9.17, 15) is 4.79 Å². The number of hydrogen-bond donors (Lipinski definition) is 1. The Morgan fingerprint density at radius 1 is 1.23 bits per heavy atom. The number of ether oxygens (including phenoxy) is 1. The van der Waals surface area contributed by atoms with Crippen molar-refractivity contribution in [3.8, 4) is 11.4 Å². The van der Waals surface area contributed by atoms with Crippen LogP contribution < -0.4 is 10.1 Å². The molecule has 2 aliphatic carbocycles. The molecule has 7 heteroatoms. The van der Waals surface area contributed by atoms with Crippen LogP contribution in [0.5, 0.6) is 5.75 Å². The highest BCUT2D eigenvalue weighted by Gasteiger charge is 2.30. The molecule has 2 heterocycles. The lowest BCUT2D eigenvalue weighted by Gasteiger charge is -2.24. The Hall–Kier alpha value is -3.09. The number of carbonyl (C=O) groups is 1. The van der Waals surface area contributed by atoms with Crippen LogP contribution >= 0.6 is 0 Å². The molecule has 2 aliphatic rings. The van der Waals surface area contributed by atoms with Crippen molar-refractivity contribution in [2.45, 2.75) is 51.5 Å². The first-order valence-electron chi connectivity index (χ1n) is 10.6. The molecule has 0 spiro atoms. The highest BCUT2D eigenvalue weighted by molar-refractivity contribution is 5.94. The van der Waals surface area contributed by atoms with Gasteiger partial charge in [-0.05, 0) is 62.3 Å². The van der Waals surface area contributed by atoms with Crippen LogP contribution in [0.1, 0.15) is 65.3 Å². The number of aromatic nitrogens is 3. The molecule has 0 saturated carbocycles.